The number of amides is 1. The quantitative estimate of drug-likeness (QED) is 0.160. The number of aromatic hydroxyl groups is 1. The molecule has 322 valence electrons. The highest BCUT2D eigenvalue weighted by molar-refractivity contribution is 6.32. The average Bonchev–Trinajstić information content (AvgIpc) is 3.60. The van der Waals surface area contributed by atoms with Crippen molar-refractivity contribution in [3.63, 3.8) is 0 Å². The molecule has 16 nitrogen and oxygen atoms in total. The van der Waals surface area contributed by atoms with Gasteiger partial charge in [0.05, 0.1) is 47.0 Å². The number of esters is 2. The maximum absolute atomic E-state index is 14.1. The smallest absolute Gasteiger partial charge is 0.341 e. The van der Waals surface area contributed by atoms with Crippen LogP contribution >= 0.6 is 11.6 Å². The fraction of sp³-hybridized carbons (Fsp3) is 0.386. The van der Waals surface area contributed by atoms with Gasteiger partial charge in [-0.15, -0.1) is 6.42 Å². The number of methoxy groups -OCH3 is 1. The largest absolute Gasteiger partial charge is 0.504 e. The summed E-state index contributed by atoms with van der Waals surface area (Å²) in [6.07, 6.45) is 4.43. The number of rotatable bonds is 6. The zero-order chi connectivity index (χ0) is 44.6. The van der Waals surface area contributed by atoms with Gasteiger partial charge >= 0.3 is 11.9 Å². The van der Waals surface area contributed by atoms with E-state index in [-0.39, 0.29) is 56.0 Å². The second-order valence-electron chi connectivity index (χ2n) is 15.4. The molecule has 1 saturated heterocycles. The predicted molar refractivity (Wildman–Crippen MR) is 220 cm³/mol. The van der Waals surface area contributed by atoms with Crippen molar-refractivity contribution in [2.45, 2.75) is 81.2 Å². The van der Waals surface area contributed by atoms with Gasteiger partial charge in [0.25, 0.3) is 5.91 Å². The van der Waals surface area contributed by atoms with E-state index < -0.39 is 90.6 Å². The summed E-state index contributed by atoms with van der Waals surface area (Å²) in [7, 11) is 4.86. The molecule has 1 aliphatic carbocycles. The minimum absolute atomic E-state index is 0.0230. The number of benzene rings is 2. The maximum atomic E-state index is 14.1. The summed E-state index contributed by atoms with van der Waals surface area (Å²) in [6.45, 7) is 8.06. The molecule has 2 aromatic rings. The molecule has 4 aliphatic heterocycles. The molecule has 0 radical (unpaired) electrons. The number of nitrogens with zero attached hydrogens (tertiary/aromatic N) is 1. The number of carbonyl (C=O) groups is 3. The van der Waals surface area contributed by atoms with E-state index in [9.17, 15) is 29.7 Å². The lowest BCUT2D eigenvalue weighted by atomic mass is 9.85. The number of hydrogen-bond donors (Lipinski definition) is 5. The van der Waals surface area contributed by atoms with Crippen molar-refractivity contribution >= 4 is 35.1 Å². The molecule has 2 bridgehead atoms. The summed E-state index contributed by atoms with van der Waals surface area (Å²) in [5.41, 5.74) is 3.82. The molecule has 1 amide bonds. The van der Waals surface area contributed by atoms with Gasteiger partial charge in [-0.25, -0.2) is 4.79 Å². The van der Waals surface area contributed by atoms with E-state index >= 15 is 0 Å². The Balaban J connectivity index is 1.45. The zero-order valence-corrected chi connectivity index (χ0v) is 34.9. The molecule has 1 fully saturated rings. The van der Waals surface area contributed by atoms with Crippen molar-refractivity contribution in [3.8, 4) is 47.2 Å². The summed E-state index contributed by atoms with van der Waals surface area (Å²) in [5.74, 6) is 5.24. The van der Waals surface area contributed by atoms with Crippen LogP contribution in [-0.2, 0) is 28.5 Å². The van der Waals surface area contributed by atoms with Crippen LogP contribution in [0.3, 0.4) is 0 Å². The Morgan fingerprint density at radius 2 is 1.92 bits per heavy atom. The topological polar surface area (TPSA) is 218 Å². The number of terminal acetylenes is 1. The number of ether oxygens (including phenoxy) is 7. The molecule has 6 N–H and O–H groups in total. The van der Waals surface area contributed by atoms with Crippen molar-refractivity contribution in [1.29, 1.82) is 0 Å². The number of hydrogen-bond acceptors (Lipinski definition) is 15. The Morgan fingerprint density at radius 3 is 2.59 bits per heavy atom. The zero-order valence-electron chi connectivity index (χ0n) is 34.2. The number of carbonyl (C=O) groups excluding carboxylic acids is 3. The number of anilines is 1. The third-order valence-electron chi connectivity index (χ3n) is 10.6. The molecule has 1 unspecified atom stereocenters. The number of fused-ring (bicyclic) bond motifs is 11. The highest BCUT2D eigenvalue weighted by Crippen LogP contribution is 2.44. The van der Waals surface area contributed by atoms with Crippen LogP contribution in [0.2, 0.25) is 5.02 Å². The summed E-state index contributed by atoms with van der Waals surface area (Å²) in [5, 5.41) is 36.5. The van der Waals surface area contributed by atoms with Gasteiger partial charge in [0, 0.05) is 23.8 Å². The average molecular weight is 860 g/mol. The molecule has 8 atom stereocenters. The SMILES string of the molecule is C#CC=C1C#CC2=CC=CC2(O[C@@H]2OC(C)(C)[C@@H](N(C)C)[C@@H](O)[C@H]2O)[C@@H](C)Oc2c(O)cc(cc2Cl)[C@@H](N)CC(=O)OC[C@@H]1OC(=O)c1cc(OC)cc2c1NC(=O)C(=C)O2. The lowest BCUT2D eigenvalue weighted by molar-refractivity contribution is -0.330. The van der Waals surface area contributed by atoms with Crippen LogP contribution in [-0.4, -0.2) is 114 Å². The van der Waals surface area contributed by atoms with Gasteiger partial charge in [-0.3, -0.25) is 9.59 Å². The maximum Gasteiger partial charge on any atom is 0.341 e. The third-order valence-corrected chi connectivity index (χ3v) is 10.8. The summed E-state index contributed by atoms with van der Waals surface area (Å²) >= 11 is 6.67. The minimum Gasteiger partial charge on any atom is -0.504 e. The summed E-state index contributed by atoms with van der Waals surface area (Å²) in [6, 6.07) is 3.79. The molecule has 0 saturated carbocycles. The molecule has 61 heavy (non-hydrogen) atoms. The van der Waals surface area contributed by atoms with E-state index in [0.29, 0.717) is 0 Å². The van der Waals surface area contributed by atoms with Crippen molar-refractivity contribution in [2.75, 3.05) is 33.1 Å². The first kappa shape index (κ1) is 44.7. The number of allylic oxidation sites excluding steroid dienone is 3. The molecule has 4 heterocycles. The van der Waals surface area contributed by atoms with Crippen LogP contribution in [0, 0.1) is 24.2 Å². The van der Waals surface area contributed by atoms with Crippen LogP contribution in [0.1, 0.15) is 49.2 Å². The second kappa shape index (κ2) is 17.6. The molecule has 5 aliphatic rings. The number of halogens is 1. The number of aliphatic hydroxyl groups is 2. The highest BCUT2D eigenvalue weighted by Gasteiger charge is 2.54. The monoisotopic (exact) mass is 859 g/mol. The summed E-state index contributed by atoms with van der Waals surface area (Å²) < 4.78 is 41.8. The minimum atomic E-state index is -1.72. The highest BCUT2D eigenvalue weighted by atomic mass is 35.5. The van der Waals surface area contributed by atoms with Crippen molar-refractivity contribution in [2.24, 2.45) is 5.73 Å². The standard InChI is InChI=1S/C44H46ClN3O13/c1-9-11-24-13-14-26-12-10-15-44(26,61-42-37(52)36(51)39(48(6)7)43(4,5)60-42)23(3)58-38-29(45)16-25(17-31(38)49)30(46)20-34(50)56-21-33(24)59-41(54)28-18-27(55-8)19-32-35(28)47-40(53)22(2)57-32/h1,10-12,15-19,23,30,33,36-37,39,42,49,51-52H,2,20-21,46H2,3-8H3,(H,47,53)/t23-,30+,33+,36+,37-,39+,42+,44?/m1/s1. The molecular formula is C44H46ClN3O13. The Labute approximate surface area is 357 Å². The van der Waals surface area contributed by atoms with E-state index in [1.54, 1.807) is 58.0 Å². The first-order chi connectivity index (χ1) is 28.8. The first-order valence-electron chi connectivity index (χ1n) is 19.0. The van der Waals surface area contributed by atoms with Gasteiger partial charge < -0.3 is 64.4 Å². The summed E-state index contributed by atoms with van der Waals surface area (Å²) in [4.78, 5) is 41.6. The van der Waals surface area contributed by atoms with Crippen molar-refractivity contribution < 1.29 is 62.9 Å². The van der Waals surface area contributed by atoms with Gasteiger partial charge in [0.15, 0.2) is 41.0 Å². The number of phenolic OH excluding ortho intramolecular Hbond substituents is 1. The van der Waals surface area contributed by atoms with E-state index in [4.69, 9.17) is 56.9 Å². The lowest BCUT2D eigenvalue weighted by Crippen LogP contribution is -2.68. The number of phenols is 1. The van der Waals surface area contributed by atoms with E-state index in [0.717, 1.165) is 0 Å². The second-order valence-corrected chi connectivity index (χ2v) is 15.8. The predicted octanol–water partition coefficient (Wildman–Crippen LogP) is 3.44. The van der Waals surface area contributed by atoms with E-state index in [2.05, 4.69) is 29.7 Å². The van der Waals surface area contributed by atoms with Crippen LogP contribution < -0.4 is 25.3 Å². The molecule has 17 heteroatoms. The lowest BCUT2D eigenvalue weighted by Gasteiger charge is -2.51. The van der Waals surface area contributed by atoms with Crippen molar-refractivity contribution in [3.05, 3.63) is 88.2 Å². The fourth-order valence-electron chi connectivity index (χ4n) is 7.59. The number of nitrogens with one attached hydrogen (secondary N) is 1. The molecule has 0 aromatic heterocycles. The van der Waals surface area contributed by atoms with E-state index in [1.165, 1.54) is 37.5 Å². The number of aliphatic hydroxyl groups excluding tert-OH is 2. The number of likely N-dealkylation sites (N-methyl/N-ethyl adjacent to an activating group) is 1. The molecule has 7 rings (SSSR count). The van der Waals surface area contributed by atoms with Crippen LogP contribution in [0.15, 0.2) is 72.1 Å². The first-order valence-corrected chi connectivity index (χ1v) is 19.4. The Morgan fingerprint density at radius 1 is 1.18 bits per heavy atom. The Kier molecular flexibility index (Phi) is 12.9. The normalized spacial score (nSPS) is 29.0. The van der Waals surface area contributed by atoms with Gasteiger partial charge in [-0.2, -0.15) is 0 Å². The van der Waals surface area contributed by atoms with Crippen molar-refractivity contribution in [1.82, 2.24) is 4.90 Å². The third kappa shape index (κ3) is 8.98. The van der Waals surface area contributed by atoms with Gasteiger partial charge in [-0.05, 0) is 70.8 Å². The molecule has 0 spiro atoms. The Hall–Kier alpha value is -5.82. The van der Waals surface area contributed by atoms with Crippen LogP contribution in [0.5, 0.6) is 23.0 Å². The van der Waals surface area contributed by atoms with Crippen LogP contribution in [0.4, 0.5) is 5.69 Å². The van der Waals surface area contributed by atoms with E-state index in [1.807, 2.05) is 0 Å². The fourth-order valence-corrected chi connectivity index (χ4v) is 7.86. The molecular weight excluding hydrogens is 814 g/mol. The number of nitrogens with two attached hydrogens (primary N) is 1. The van der Waals surface area contributed by atoms with Gasteiger partial charge in [-0.1, -0.05) is 42.0 Å². The van der Waals surface area contributed by atoms with Crippen LogP contribution in [0.25, 0.3) is 0 Å². The molecule has 2 aromatic carbocycles. The van der Waals surface area contributed by atoms with Gasteiger partial charge in [0.1, 0.15) is 30.7 Å². The van der Waals surface area contributed by atoms with Gasteiger partial charge in [0.2, 0.25) is 0 Å². The Bertz CT molecular complexity index is 2310.